The van der Waals surface area contributed by atoms with Crippen molar-refractivity contribution in [3.63, 3.8) is 0 Å². The molecule has 0 aromatic heterocycles. The van der Waals surface area contributed by atoms with Crippen LogP contribution in [0.25, 0.3) is 0 Å². The van der Waals surface area contributed by atoms with Crippen molar-refractivity contribution in [2.24, 2.45) is 17.6 Å². The van der Waals surface area contributed by atoms with Crippen LogP contribution in [0.3, 0.4) is 0 Å². The Morgan fingerprint density at radius 1 is 1.16 bits per heavy atom. The highest BCUT2D eigenvalue weighted by atomic mass is 16.2. The molecule has 2 aliphatic rings. The molecule has 2 amide bonds. The highest BCUT2D eigenvalue weighted by Crippen LogP contribution is 2.31. The van der Waals surface area contributed by atoms with Gasteiger partial charge in [0, 0.05) is 32.7 Å². The number of primary amides is 1. The van der Waals surface area contributed by atoms with Gasteiger partial charge in [-0.15, -0.1) is 0 Å². The largest absolute Gasteiger partial charge is 0.351 e. The van der Waals surface area contributed by atoms with Crippen molar-refractivity contribution in [1.29, 1.82) is 0 Å². The molecule has 0 aliphatic carbocycles. The van der Waals surface area contributed by atoms with E-state index in [1.165, 1.54) is 11.1 Å². The number of carbonyl (C=O) groups excluding carboxylic acids is 1. The molecule has 1 aromatic rings. The van der Waals surface area contributed by atoms with Gasteiger partial charge >= 0.3 is 6.03 Å². The van der Waals surface area contributed by atoms with Gasteiger partial charge in [0.15, 0.2) is 0 Å². The molecule has 3 rings (SSSR count). The van der Waals surface area contributed by atoms with Crippen LogP contribution in [0.4, 0.5) is 4.79 Å². The van der Waals surface area contributed by atoms with Crippen LogP contribution in [0.5, 0.6) is 0 Å². The fraction of sp³-hybridized carbons (Fsp3) is 0.533. The zero-order valence-corrected chi connectivity index (χ0v) is 11.4. The zero-order chi connectivity index (χ0) is 13.4. The summed E-state index contributed by atoms with van der Waals surface area (Å²) in [6, 6.07) is 8.49. The summed E-state index contributed by atoms with van der Waals surface area (Å²) in [7, 11) is 0. The van der Waals surface area contributed by atoms with E-state index in [1.54, 1.807) is 4.90 Å². The molecule has 1 aromatic carbocycles. The van der Waals surface area contributed by atoms with Crippen LogP contribution in [0.2, 0.25) is 0 Å². The molecule has 2 aliphatic heterocycles. The first-order valence-electron chi connectivity index (χ1n) is 6.94. The summed E-state index contributed by atoms with van der Waals surface area (Å²) in [5.41, 5.74) is 8.02. The van der Waals surface area contributed by atoms with Crippen LogP contribution in [0, 0.1) is 18.8 Å². The van der Waals surface area contributed by atoms with Gasteiger partial charge in [0.25, 0.3) is 0 Å². The van der Waals surface area contributed by atoms with Gasteiger partial charge in [0.05, 0.1) is 0 Å². The van der Waals surface area contributed by atoms with Crippen LogP contribution < -0.4 is 5.73 Å². The summed E-state index contributed by atoms with van der Waals surface area (Å²) in [5, 5.41) is 0. The second-order valence-electron chi connectivity index (χ2n) is 5.94. The van der Waals surface area contributed by atoms with E-state index in [0.717, 1.165) is 32.7 Å². The van der Waals surface area contributed by atoms with Crippen molar-refractivity contribution in [3.05, 3.63) is 35.4 Å². The van der Waals surface area contributed by atoms with Gasteiger partial charge in [-0.05, 0) is 24.3 Å². The second-order valence-corrected chi connectivity index (χ2v) is 5.94. The number of rotatable bonds is 2. The van der Waals surface area contributed by atoms with E-state index >= 15 is 0 Å². The summed E-state index contributed by atoms with van der Waals surface area (Å²) in [4.78, 5) is 15.5. The number of fused-ring (bicyclic) bond motifs is 1. The number of hydrogen-bond acceptors (Lipinski definition) is 2. The summed E-state index contributed by atoms with van der Waals surface area (Å²) >= 11 is 0. The third-order valence-corrected chi connectivity index (χ3v) is 4.40. The quantitative estimate of drug-likeness (QED) is 0.873. The first kappa shape index (κ1) is 12.5. The number of carbonyl (C=O) groups is 1. The lowest BCUT2D eigenvalue weighted by Crippen LogP contribution is -2.36. The van der Waals surface area contributed by atoms with E-state index in [-0.39, 0.29) is 6.03 Å². The fourth-order valence-electron chi connectivity index (χ4n) is 3.35. The number of likely N-dealkylation sites (tertiary alicyclic amines) is 2. The van der Waals surface area contributed by atoms with Gasteiger partial charge < -0.3 is 10.6 Å². The van der Waals surface area contributed by atoms with Crippen molar-refractivity contribution in [3.8, 4) is 0 Å². The SMILES string of the molecule is Cc1ccc(CN2C[C@@H]3CN(C(N)=O)C[C@@H]3C2)cc1. The van der Waals surface area contributed by atoms with Crippen LogP contribution in [-0.2, 0) is 6.54 Å². The first-order valence-corrected chi connectivity index (χ1v) is 6.94. The molecule has 2 N–H and O–H groups in total. The normalized spacial score (nSPS) is 26.7. The number of urea groups is 1. The molecular formula is C15H21N3O. The lowest BCUT2D eigenvalue weighted by molar-refractivity contribution is 0.208. The number of aryl methyl sites for hydroxylation is 1. The smallest absolute Gasteiger partial charge is 0.314 e. The highest BCUT2D eigenvalue weighted by molar-refractivity contribution is 5.72. The Bertz CT molecular complexity index is 457. The summed E-state index contributed by atoms with van der Waals surface area (Å²) in [5.74, 6) is 1.22. The lowest BCUT2D eigenvalue weighted by Gasteiger charge is -2.20. The Labute approximate surface area is 114 Å². The number of nitrogens with zero attached hydrogens (tertiary/aromatic N) is 2. The first-order chi connectivity index (χ1) is 9.11. The van der Waals surface area contributed by atoms with Gasteiger partial charge in [-0.25, -0.2) is 4.79 Å². The minimum absolute atomic E-state index is 0.264. The van der Waals surface area contributed by atoms with Crippen molar-refractivity contribution < 1.29 is 4.79 Å². The van der Waals surface area contributed by atoms with E-state index in [0.29, 0.717) is 11.8 Å². The highest BCUT2D eigenvalue weighted by Gasteiger charge is 2.40. The van der Waals surface area contributed by atoms with Gasteiger partial charge in [-0.2, -0.15) is 0 Å². The fourth-order valence-corrected chi connectivity index (χ4v) is 3.35. The summed E-state index contributed by atoms with van der Waals surface area (Å²) < 4.78 is 0. The van der Waals surface area contributed by atoms with E-state index in [1.807, 2.05) is 0 Å². The average Bonchev–Trinajstić information content (AvgIpc) is 2.90. The molecule has 4 heteroatoms. The van der Waals surface area contributed by atoms with Crippen LogP contribution >= 0.6 is 0 Å². The number of amides is 2. The average molecular weight is 259 g/mol. The van der Waals surface area contributed by atoms with Crippen molar-refractivity contribution >= 4 is 6.03 Å². The molecular weight excluding hydrogens is 238 g/mol. The molecule has 19 heavy (non-hydrogen) atoms. The standard InChI is InChI=1S/C15H21N3O/c1-11-2-4-12(5-3-11)6-17-7-13-9-18(15(16)19)10-14(13)8-17/h2-5,13-14H,6-10H2,1H3,(H2,16,19)/t13-,14+. The molecule has 2 fully saturated rings. The molecule has 2 atom stereocenters. The number of benzene rings is 1. The van der Waals surface area contributed by atoms with E-state index < -0.39 is 0 Å². The van der Waals surface area contributed by atoms with E-state index in [4.69, 9.17) is 5.73 Å². The molecule has 0 saturated carbocycles. The number of nitrogens with two attached hydrogens (primary N) is 1. The maximum absolute atomic E-state index is 11.2. The van der Waals surface area contributed by atoms with Crippen LogP contribution in [0.1, 0.15) is 11.1 Å². The van der Waals surface area contributed by atoms with Crippen molar-refractivity contribution in [1.82, 2.24) is 9.80 Å². The Morgan fingerprint density at radius 3 is 2.26 bits per heavy atom. The van der Waals surface area contributed by atoms with E-state index in [2.05, 4.69) is 36.1 Å². The molecule has 2 saturated heterocycles. The van der Waals surface area contributed by atoms with Crippen LogP contribution in [-0.4, -0.2) is 42.0 Å². The van der Waals surface area contributed by atoms with Gasteiger partial charge in [0.1, 0.15) is 0 Å². The Hall–Kier alpha value is -1.55. The molecule has 0 bridgehead atoms. The molecule has 2 heterocycles. The Morgan fingerprint density at radius 2 is 1.74 bits per heavy atom. The molecule has 0 radical (unpaired) electrons. The van der Waals surface area contributed by atoms with Gasteiger partial charge in [0.2, 0.25) is 0 Å². The minimum Gasteiger partial charge on any atom is -0.351 e. The molecule has 102 valence electrons. The maximum atomic E-state index is 11.2. The van der Waals surface area contributed by atoms with Gasteiger partial charge in [-0.3, -0.25) is 4.90 Å². The van der Waals surface area contributed by atoms with Crippen molar-refractivity contribution in [2.75, 3.05) is 26.2 Å². The predicted molar refractivity (Wildman–Crippen MR) is 74.6 cm³/mol. The lowest BCUT2D eigenvalue weighted by atomic mass is 10.0. The topological polar surface area (TPSA) is 49.6 Å². The second kappa shape index (κ2) is 4.85. The Balaban J connectivity index is 1.57. The summed E-state index contributed by atoms with van der Waals surface area (Å²) in [6.07, 6.45) is 0. The Kier molecular flexibility index (Phi) is 3.19. The van der Waals surface area contributed by atoms with Crippen LogP contribution in [0.15, 0.2) is 24.3 Å². The monoisotopic (exact) mass is 259 g/mol. The number of hydrogen-bond donors (Lipinski definition) is 1. The van der Waals surface area contributed by atoms with Crippen molar-refractivity contribution in [2.45, 2.75) is 13.5 Å². The zero-order valence-electron chi connectivity index (χ0n) is 11.4. The summed E-state index contributed by atoms with van der Waals surface area (Å²) in [6.45, 7) is 6.98. The van der Waals surface area contributed by atoms with E-state index in [9.17, 15) is 4.79 Å². The third-order valence-electron chi connectivity index (χ3n) is 4.40. The minimum atomic E-state index is -0.264. The third kappa shape index (κ3) is 2.59. The molecule has 0 spiro atoms. The predicted octanol–water partition coefficient (Wildman–Crippen LogP) is 1.44. The van der Waals surface area contributed by atoms with Gasteiger partial charge in [-0.1, -0.05) is 29.8 Å². The molecule has 4 nitrogen and oxygen atoms in total. The molecule has 0 unspecified atom stereocenters. The maximum Gasteiger partial charge on any atom is 0.314 e.